The summed E-state index contributed by atoms with van der Waals surface area (Å²) in [6.07, 6.45) is 3.12. The van der Waals surface area contributed by atoms with Crippen LogP contribution in [-0.4, -0.2) is 30.3 Å². The van der Waals surface area contributed by atoms with Gasteiger partial charge in [0.25, 0.3) is 5.56 Å². The number of methoxy groups -OCH3 is 1. The third-order valence-electron chi connectivity index (χ3n) is 3.54. The Hall–Kier alpha value is -2.67. The molecule has 0 saturated carbocycles. The summed E-state index contributed by atoms with van der Waals surface area (Å²) in [5, 5.41) is 0.238. The van der Waals surface area contributed by atoms with E-state index in [4.69, 9.17) is 14.2 Å². The van der Waals surface area contributed by atoms with Crippen LogP contribution in [0, 0.1) is 5.82 Å². The molecule has 0 saturated heterocycles. The number of hydrogen-bond acceptors (Lipinski definition) is 5. The van der Waals surface area contributed by atoms with Gasteiger partial charge >= 0.3 is 0 Å². The lowest BCUT2D eigenvalue weighted by atomic mass is 10.1. The summed E-state index contributed by atoms with van der Waals surface area (Å²) >= 11 is 0. The number of fused-ring (bicyclic) bond motifs is 2. The van der Waals surface area contributed by atoms with Crippen LogP contribution in [0.3, 0.4) is 0 Å². The summed E-state index contributed by atoms with van der Waals surface area (Å²) in [5.41, 5.74) is 0.276. The van der Waals surface area contributed by atoms with Crippen LogP contribution in [0.5, 0.6) is 17.4 Å². The van der Waals surface area contributed by atoms with Gasteiger partial charge in [0, 0.05) is 25.3 Å². The molecule has 0 bridgehead atoms. The van der Waals surface area contributed by atoms with Gasteiger partial charge in [-0.25, -0.2) is 4.39 Å². The minimum Gasteiger partial charge on any atom is -0.490 e. The molecule has 0 unspecified atom stereocenters. The Balaban J connectivity index is 1.86. The van der Waals surface area contributed by atoms with Crippen molar-refractivity contribution in [1.82, 2.24) is 9.97 Å². The molecule has 1 aliphatic rings. The van der Waals surface area contributed by atoms with Crippen LogP contribution in [0.4, 0.5) is 4.39 Å². The Kier molecular flexibility index (Phi) is 4.61. The number of halogens is 1. The molecule has 0 spiro atoms. The molecule has 0 amide bonds. The lowest BCUT2D eigenvalue weighted by molar-refractivity contribution is 0.183. The quantitative estimate of drug-likeness (QED) is 0.683. The maximum Gasteiger partial charge on any atom is 0.262 e. The minimum atomic E-state index is -0.512. The van der Waals surface area contributed by atoms with Crippen LogP contribution < -0.4 is 25.7 Å². The van der Waals surface area contributed by atoms with Gasteiger partial charge in [0.05, 0.1) is 6.61 Å². The highest BCUT2D eigenvalue weighted by atomic mass is 19.1. The van der Waals surface area contributed by atoms with Crippen LogP contribution in [0.2, 0.25) is 0 Å². The van der Waals surface area contributed by atoms with E-state index in [1.165, 1.54) is 18.2 Å². The Labute approximate surface area is 137 Å². The summed E-state index contributed by atoms with van der Waals surface area (Å²) in [7, 11) is 1.63. The van der Waals surface area contributed by atoms with Gasteiger partial charge in [0.15, 0.2) is 11.6 Å². The molecule has 0 aliphatic carbocycles. The highest BCUT2D eigenvalue weighted by Gasteiger charge is 2.18. The summed E-state index contributed by atoms with van der Waals surface area (Å²) in [5.74, 6) is 0.117. The minimum absolute atomic E-state index is 0.0997. The van der Waals surface area contributed by atoms with E-state index in [1.54, 1.807) is 7.11 Å². The first kappa shape index (κ1) is 16.2. The molecule has 2 aromatic rings. The number of aromatic nitrogens is 2. The van der Waals surface area contributed by atoms with Crippen molar-refractivity contribution in [3.63, 3.8) is 0 Å². The number of rotatable bonds is 6. The number of nitrogens with zero attached hydrogens (tertiary/aromatic N) is 1. The second kappa shape index (κ2) is 6.84. The molecule has 0 atom stereocenters. The molecule has 1 aromatic heterocycles. The molecule has 6 nitrogen and oxygen atoms in total. The van der Waals surface area contributed by atoms with Crippen molar-refractivity contribution in [2.24, 2.45) is 0 Å². The van der Waals surface area contributed by atoms with Crippen molar-refractivity contribution < 1.29 is 18.6 Å². The molecule has 24 heavy (non-hydrogen) atoms. The zero-order valence-corrected chi connectivity index (χ0v) is 13.2. The Morgan fingerprint density at radius 3 is 2.92 bits per heavy atom. The van der Waals surface area contributed by atoms with E-state index in [-0.39, 0.29) is 27.9 Å². The van der Waals surface area contributed by atoms with Gasteiger partial charge in [0.1, 0.15) is 16.4 Å². The lowest BCUT2D eigenvalue weighted by Gasteiger charge is -2.15. The van der Waals surface area contributed by atoms with E-state index in [0.717, 1.165) is 12.8 Å². The fraction of sp³-hybridized carbons (Fsp3) is 0.294. The molecule has 0 fully saturated rings. The normalized spacial score (nSPS) is 11.9. The summed E-state index contributed by atoms with van der Waals surface area (Å²) in [4.78, 5) is 18.4. The van der Waals surface area contributed by atoms with Gasteiger partial charge in [-0.2, -0.15) is 4.98 Å². The van der Waals surface area contributed by atoms with Crippen LogP contribution in [0.25, 0.3) is 12.7 Å². The number of unbranched alkanes of at least 4 members (excludes halogenated alkanes) is 1. The highest BCUT2D eigenvalue weighted by molar-refractivity contribution is 5.63. The van der Waals surface area contributed by atoms with E-state index in [9.17, 15) is 9.18 Å². The smallest absolute Gasteiger partial charge is 0.262 e. The molecular formula is C17H17FN2O4. The van der Waals surface area contributed by atoms with Crippen LogP contribution in [-0.2, 0) is 4.74 Å². The maximum atomic E-state index is 14.2. The van der Waals surface area contributed by atoms with Crippen molar-refractivity contribution in [2.75, 3.05) is 20.3 Å². The number of H-pyrrole nitrogens is 1. The van der Waals surface area contributed by atoms with Gasteiger partial charge in [0.2, 0.25) is 5.88 Å². The average Bonchev–Trinajstić information content (AvgIpc) is 2.54. The standard InChI is InChI=1S/C17H17FN2O4/c1-10-19-16(21)12-7-11-8-13(18)15(23-6-4-3-5-22-2)9-14(11)24-17(12)20-10/h7-9H,1,3-6H2,2H3,(H,19,21). The third-order valence-corrected chi connectivity index (χ3v) is 3.54. The molecule has 126 valence electrons. The van der Waals surface area contributed by atoms with Crippen molar-refractivity contribution in [1.29, 1.82) is 0 Å². The zero-order chi connectivity index (χ0) is 17.1. The zero-order valence-electron chi connectivity index (χ0n) is 13.2. The predicted molar refractivity (Wildman–Crippen MR) is 86.3 cm³/mol. The van der Waals surface area contributed by atoms with E-state index in [1.807, 2.05) is 0 Å². The Morgan fingerprint density at radius 2 is 2.12 bits per heavy atom. The van der Waals surface area contributed by atoms with Crippen LogP contribution in [0.1, 0.15) is 18.4 Å². The molecule has 1 aliphatic heterocycles. The van der Waals surface area contributed by atoms with Gasteiger partial charge in [-0.3, -0.25) is 4.79 Å². The average molecular weight is 332 g/mol. The van der Waals surface area contributed by atoms with Crippen molar-refractivity contribution >= 4 is 12.7 Å². The second-order valence-electron chi connectivity index (χ2n) is 5.35. The molecule has 1 N–H and O–H groups in total. The number of benzene rings is 1. The van der Waals surface area contributed by atoms with Crippen LogP contribution in [0.15, 0.2) is 16.9 Å². The first-order chi connectivity index (χ1) is 11.6. The number of nitrogens with one attached hydrogen (secondary N) is 1. The van der Waals surface area contributed by atoms with E-state index in [0.29, 0.717) is 24.5 Å². The molecule has 7 heteroatoms. The monoisotopic (exact) mass is 332 g/mol. The van der Waals surface area contributed by atoms with Crippen molar-refractivity contribution in [3.05, 3.63) is 44.6 Å². The fourth-order valence-corrected chi connectivity index (χ4v) is 2.36. The number of aromatic amines is 1. The fourth-order valence-electron chi connectivity index (χ4n) is 2.36. The summed E-state index contributed by atoms with van der Waals surface area (Å²) < 4.78 is 30.2. The predicted octanol–water partition coefficient (Wildman–Crippen LogP) is 1.06. The largest absolute Gasteiger partial charge is 0.490 e. The molecule has 0 radical (unpaired) electrons. The van der Waals surface area contributed by atoms with E-state index >= 15 is 0 Å². The summed E-state index contributed by atoms with van der Waals surface area (Å²) in [6.45, 7) is 4.60. The molecular weight excluding hydrogens is 315 g/mol. The summed E-state index contributed by atoms with van der Waals surface area (Å²) in [6, 6.07) is 2.74. The topological polar surface area (TPSA) is 73.4 Å². The van der Waals surface area contributed by atoms with Gasteiger partial charge in [-0.05, 0) is 25.0 Å². The third kappa shape index (κ3) is 3.30. The maximum absolute atomic E-state index is 14.2. The first-order valence-corrected chi connectivity index (χ1v) is 7.52. The van der Waals surface area contributed by atoms with E-state index < -0.39 is 5.82 Å². The van der Waals surface area contributed by atoms with Gasteiger partial charge in [-0.15, -0.1) is 0 Å². The Morgan fingerprint density at radius 1 is 1.33 bits per heavy atom. The van der Waals surface area contributed by atoms with E-state index in [2.05, 4.69) is 16.5 Å². The van der Waals surface area contributed by atoms with Crippen molar-refractivity contribution in [3.8, 4) is 17.4 Å². The van der Waals surface area contributed by atoms with Crippen molar-refractivity contribution in [2.45, 2.75) is 12.8 Å². The molecule has 2 heterocycles. The van der Waals surface area contributed by atoms with Gasteiger partial charge in [-0.1, -0.05) is 6.58 Å². The van der Waals surface area contributed by atoms with Crippen LogP contribution >= 0.6 is 0 Å². The Bertz CT molecular complexity index is 923. The highest BCUT2D eigenvalue weighted by Crippen LogP contribution is 2.32. The molecule has 1 aromatic carbocycles. The first-order valence-electron chi connectivity index (χ1n) is 7.52. The van der Waals surface area contributed by atoms with Gasteiger partial charge < -0.3 is 19.2 Å². The number of hydrogen-bond donors (Lipinski definition) is 1. The lowest BCUT2D eigenvalue weighted by Crippen LogP contribution is -2.37. The SMILES string of the molecule is C=c1nc2c(c(=O)[nH]1)=Cc1cc(F)c(OCCCCOC)cc1O2. The second-order valence-corrected chi connectivity index (χ2v) is 5.35. The number of ether oxygens (including phenoxy) is 3. The molecule has 3 rings (SSSR count).